The zero-order valence-electron chi connectivity index (χ0n) is 50.8. The van der Waals surface area contributed by atoms with Gasteiger partial charge in [-0.3, -0.25) is 64.1 Å². The molecule has 0 spiro atoms. The first kappa shape index (κ1) is 66.7. The molecule has 468 valence electrons. The van der Waals surface area contributed by atoms with E-state index < -0.39 is 119 Å². The Morgan fingerprint density at radius 1 is 0.558 bits per heavy atom. The highest BCUT2D eigenvalue weighted by atomic mass is 32.1. The van der Waals surface area contributed by atoms with Crippen molar-refractivity contribution in [3.05, 3.63) is 78.7 Å². The van der Waals surface area contributed by atoms with Gasteiger partial charge in [-0.1, -0.05) is 71.9 Å². The van der Waals surface area contributed by atoms with Crippen LogP contribution in [0.25, 0.3) is 11.1 Å². The van der Waals surface area contributed by atoms with Crippen LogP contribution in [0.4, 0.5) is 0 Å². The highest BCUT2D eigenvalue weighted by molar-refractivity contribution is 7.14. The summed E-state index contributed by atoms with van der Waals surface area (Å²) in [5, 5.41) is 20.3. The highest BCUT2D eigenvalue weighted by Gasteiger charge is 2.42. The minimum atomic E-state index is -1.18. The number of Topliss-reactive ketones (excluding diaryl/α,β-unsaturated/α-hetero) is 1. The molecule has 4 aliphatic rings. The van der Waals surface area contributed by atoms with E-state index >= 15 is 0 Å². The minimum absolute atomic E-state index is 0.0771. The van der Waals surface area contributed by atoms with E-state index in [-0.39, 0.29) is 63.4 Å². The summed E-state index contributed by atoms with van der Waals surface area (Å²) in [7, 11) is 0. The number of hydrazine groups is 1. The van der Waals surface area contributed by atoms with Gasteiger partial charge in [0.2, 0.25) is 35.4 Å². The first-order chi connectivity index (χ1) is 41.0. The molecule has 2 fully saturated rings. The number of aryl methyl sites for hydroxylation is 2. The number of nitrogens with zero attached hydrogens (tertiary/aromatic N) is 1. The number of allylic oxidation sites excluding steroid dienone is 2. The lowest BCUT2D eigenvalue weighted by molar-refractivity contribution is -0.135. The number of fused-ring (bicyclic) bond motifs is 9. The van der Waals surface area contributed by atoms with Crippen molar-refractivity contribution in [2.75, 3.05) is 19.6 Å². The van der Waals surface area contributed by atoms with E-state index in [0.29, 0.717) is 42.0 Å². The van der Waals surface area contributed by atoms with Crippen molar-refractivity contribution >= 4 is 92.8 Å². The molecule has 6 bridgehead atoms. The average Bonchev–Trinajstić information content (AvgIpc) is 2.15. The van der Waals surface area contributed by atoms with Gasteiger partial charge in [0.15, 0.2) is 5.78 Å². The largest absolute Gasteiger partial charge is 0.344 e. The fourth-order valence-electron chi connectivity index (χ4n) is 11.8. The third-order valence-corrected chi connectivity index (χ3v) is 18.6. The van der Waals surface area contributed by atoms with Crippen LogP contribution in [-0.2, 0) is 44.8 Å². The fraction of sp³-hybridized carbons (Fsp3) is 0.581. The lowest BCUT2D eigenvalue weighted by atomic mass is 9.95. The number of carbonyl (C=O) groups is 10. The summed E-state index contributed by atoms with van der Waals surface area (Å²) in [6.07, 6.45) is 4.78. The van der Waals surface area contributed by atoms with Crippen LogP contribution in [0.2, 0.25) is 0 Å². The number of nitrogens with one attached hydrogen (secondary N) is 9. The van der Waals surface area contributed by atoms with Gasteiger partial charge >= 0.3 is 0 Å². The van der Waals surface area contributed by atoms with Crippen LogP contribution in [0.15, 0.2) is 42.5 Å². The van der Waals surface area contributed by atoms with Gasteiger partial charge < -0.3 is 48.3 Å². The number of carbonyl (C=O) groups excluding carboxylic acids is 10. The number of hydrogen-bond donors (Lipinski definition) is 11. The normalized spacial score (nSPS) is 25.7. The lowest BCUT2D eigenvalue weighted by Gasteiger charge is -2.30. The number of rotatable bonds is 12. The van der Waals surface area contributed by atoms with Gasteiger partial charge in [-0.15, -0.1) is 22.7 Å². The Balaban J connectivity index is 1.21. The third-order valence-electron chi connectivity index (χ3n) is 16.5. The molecular weight excluding hydrogens is 1140 g/mol. The zero-order chi connectivity index (χ0) is 62.5. The van der Waals surface area contributed by atoms with Crippen molar-refractivity contribution in [2.24, 2.45) is 29.2 Å². The number of nitrogens with two attached hydrogens (primary N) is 2. The van der Waals surface area contributed by atoms with E-state index in [2.05, 4.69) is 48.1 Å². The van der Waals surface area contributed by atoms with E-state index in [1.54, 1.807) is 50.8 Å². The van der Waals surface area contributed by atoms with E-state index in [9.17, 15) is 47.9 Å². The van der Waals surface area contributed by atoms with Crippen molar-refractivity contribution in [2.45, 2.75) is 193 Å². The first-order valence-electron chi connectivity index (χ1n) is 30.4. The summed E-state index contributed by atoms with van der Waals surface area (Å²) in [4.78, 5) is 147. The monoisotopic (exact) mass is 1220 g/mol. The average molecular weight is 1230 g/mol. The zero-order valence-corrected chi connectivity index (χ0v) is 52.4. The van der Waals surface area contributed by atoms with Gasteiger partial charge in [0, 0.05) is 16.3 Å². The number of amides is 9. The van der Waals surface area contributed by atoms with E-state index in [1.165, 1.54) is 22.7 Å². The van der Waals surface area contributed by atoms with Crippen LogP contribution in [0, 0.1) is 31.6 Å². The molecule has 22 nitrogen and oxygen atoms in total. The van der Waals surface area contributed by atoms with Gasteiger partial charge in [0.05, 0.1) is 27.9 Å². The molecular formula is C62H88N12O10S2. The molecule has 3 aromatic rings. The van der Waals surface area contributed by atoms with Gasteiger partial charge in [-0.05, 0) is 168 Å². The smallest absolute Gasteiger partial charge is 0.279 e. The Morgan fingerprint density at radius 2 is 1.08 bits per heavy atom. The Kier molecular flexibility index (Phi) is 23.8. The van der Waals surface area contributed by atoms with Crippen LogP contribution < -0.4 is 59.5 Å². The molecule has 5 heterocycles. The molecule has 9 atom stereocenters. The Hall–Kier alpha value is -6.86. The number of benzene rings is 1. The molecule has 0 saturated carbocycles. The van der Waals surface area contributed by atoms with Crippen molar-refractivity contribution < 1.29 is 47.9 Å². The Morgan fingerprint density at radius 3 is 1.66 bits per heavy atom. The molecule has 24 heteroatoms. The molecule has 1 aliphatic carbocycles. The number of thiophene rings is 2. The molecule has 2 aromatic heterocycles. The minimum Gasteiger partial charge on any atom is -0.344 e. The molecule has 2 saturated heterocycles. The first-order valence-corrected chi connectivity index (χ1v) is 32.0. The van der Waals surface area contributed by atoms with E-state index in [1.807, 2.05) is 52.0 Å². The van der Waals surface area contributed by atoms with Crippen molar-refractivity contribution in [3.63, 3.8) is 0 Å². The van der Waals surface area contributed by atoms with Gasteiger partial charge in [-0.2, -0.15) is 0 Å². The Labute approximate surface area is 512 Å². The maximum Gasteiger partial charge on any atom is 0.279 e. The van der Waals surface area contributed by atoms with Crippen molar-refractivity contribution in [3.8, 4) is 0 Å². The third kappa shape index (κ3) is 16.8. The summed E-state index contributed by atoms with van der Waals surface area (Å²) in [5.74, 6) is -6.68. The van der Waals surface area contributed by atoms with Crippen molar-refractivity contribution in [1.29, 1.82) is 0 Å². The van der Waals surface area contributed by atoms with Crippen LogP contribution in [0.3, 0.4) is 0 Å². The van der Waals surface area contributed by atoms with Crippen LogP contribution in [-0.4, -0.2) is 138 Å². The molecule has 1 unspecified atom stereocenters. The molecule has 9 amide bonds. The maximum atomic E-state index is 14.7. The molecule has 13 N–H and O–H groups in total. The van der Waals surface area contributed by atoms with Crippen LogP contribution >= 0.6 is 22.7 Å². The molecule has 7 rings (SSSR count). The van der Waals surface area contributed by atoms with Crippen LogP contribution in [0.5, 0.6) is 0 Å². The SMILES string of the molecule is Cc1sc2cc1C1=C(CCC1)c1cc(sc1C)C(=O)N1CCC[C@H]1C(=O)N[C@H](C(C)C)C(=O)N[C@@H](CCCN)C(=O)N[C@@H](CC(C)C)C(=O)N[C@H](Cc1ccccc1)C(=O)C1CC[C@H](N1)C(=O)N[C@@H](C(C)C)C(=O)N[C@@H](CCCN)C(=O)NNC2=O. The standard InChI is InChI=1S/C62H88N12O10S2/c1-32(2)28-47-56(78)68-46(29-37-16-10-9-11-17-37)53(75)42-23-24-45(65-42)55(77)70-51(33(3)4)60(82)67-44(21-14-26-64)57(79)72-73-59(81)49-30-40(35(7)85-49)38-18-12-19-39(38)41-31-50(86-36(41)8)62(84)74-27-15-22-48(74)58(80)71-52(34(5)6)61(83)66-43(20-13-25-63)54(76)69-47/h9-11,16-17,30-34,42-48,51-52,65H,12-15,18-29,63-64H2,1-8H3,(H,66,83)(H,67,82)(H,68,78)(H,69,76)(H,70,77)(H,71,80)(H,72,79)(H,73,81)/t42?,43-,44-,45-,46+,47-,48-,51-,52+/m0/s1. The summed E-state index contributed by atoms with van der Waals surface area (Å²) in [5.41, 5.74) is 21.4. The van der Waals surface area contributed by atoms with Crippen molar-refractivity contribution in [1.82, 2.24) is 53.0 Å². The second-order valence-electron chi connectivity index (χ2n) is 24.2. The number of hydrogen-bond acceptors (Lipinski definition) is 15. The number of ketones is 1. The molecule has 0 radical (unpaired) electrons. The maximum absolute atomic E-state index is 14.7. The molecule has 3 aliphatic heterocycles. The van der Waals surface area contributed by atoms with Crippen LogP contribution in [0.1, 0.15) is 164 Å². The van der Waals surface area contributed by atoms with E-state index in [4.69, 9.17) is 11.5 Å². The fourth-order valence-corrected chi connectivity index (χ4v) is 13.8. The van der Waals surface area contributed by atoms with Gasteiger partial charge in [0.25, 0.3) is 17.7 Å². The molecule has 86 heavy (non-hydrogen) atoms. The second-order valence-corrected chi connectivity index (χ2v) is 26.7. The highest BCUT2D eigenvalue weighted by Crippen LogP contribution is 2.45. The quantitative estimate of drug-likeness (QED) is 0.124. The Bertz CT molecular complexity index is 3010. The van der Waals surface area contributed by atoms with Gasteiger partial charge in [-0.25, -0.2) is 0 Å². The summed E-state index contributed by atoms with van der Waals surface area (Å²) in [6, 6.07) is 3.20. The predicted molar refractivity (Wildman–Crippen MR) is 331 cm³/mol. The predicted octanol–water partition coefficient (Wildman–Crippen LogP) is 3.58. The topological polar surface area (TPSA) is 334 Å². The summed E-state index contributed by atoms with van der Waals surface area (Å²) in [6.45, 7) is 15.4. The summed E-state index contributed by atoms with van der Waals surface area (Å²) >= 11 is 2.61. The second kappa shape index (κ2) is 30.7. The lowest BCUT2D eigenvalue weighted by Crippen LogP contribution is -2.60. The summed E-state index contributed by atoms with van der Waals surface area (Å²) < 4.78 is 0. The molecule has 1 aromatic carbocycles. The van der Waals surface area contributed by atoms with E-state index in [0.717, 1.165) is 56.9 Å². The van der Waals surface area contributed by atoms with Gasteiger partial charge in [0.1, 0.15) is 36.3 Å².